The normalized spacial score (nSPS) is 14.1. The van der Waals surface area contributed by atoms with Gasteiger partial charge in [-0.05, 0) is 26.0 Å². The third kappa shape index (κ3) is 5.54. The molecule has 0 spiro atoms. The fourth-order valence-corrected chi connectivity index (χ4v) is 3.03. The van der Waals surface area contributed by atoms with Crippen molar-refractivity contribution in [3.63, 3.8) is 0 Å². The number of benzene rings is 1. The molecule has 1 fully saturated rings. The highest BCUT2D eigenvalue weighted by Gasteiger charge is 2.27. The number of rotatable bonds is 6. The molecule has 0 bridgehead atoms. The first-order valence-corrected chi connectivity index (χ1v) is 9.86. The summed E-state index contributed by atoms with van der Waals surface area (Å²) in [7, 11) is 1.44. The zero-order valence-corrected chi connectivity index (χ0v) is 17.6. The molecule has 1 aromatic heterocycles. The maximum absolute atomic E-state index is 14.2. The van der Waals surface area contributed by atoms with E-state index in [4.69, 9.17) is 25.4 Å². The topological polar surface area (TPSA) is 83.0 Å². The first kappa shape index (κ1) is 22.2. The number of terminal acetylenes is 1. The lowest BCUT2D eigenvalue weighted by Crippen LogP contribution is -2.42. The Labute approximate surface area is 180 Å². The van der Waals surface area contributed by atoms with Gasteiger partial charge in [-0.15, -0.1) is 6.42 Å². The van der Waals surface area contributed by atoms with Crippen molar-refractivity contribution < 1.29 is 28.1 Å². The molecule has 8 nitrogen and oxygen atoms in total. The Kier molecular flexibility index (Phi) is 7.13. The fourth-order valence-electron chi connectivity index (χ4n) is 3.03. The zero-order chi connectivity index (χ0) is 22.4. The average Bonchev–Trinajstić information content (AvgIpc) is 2.75. The van der Waals surface area contributed by atoms with Crippen LogP contribution in [-0.4, -0.2) is 53.4 Å². The van der Waals surface area contributed by atoms with Gasteiger partial charge in [0.2, 0.25) is 11.8 Å². The summed E-state index contributed by atoms with van der Waals surface area (Å²) in [5, 5.41) is 0. The Morgan fingerprint density at radius 1 is 1.26 bits per heavy atom. The molecule has 0 radical (unpaired) electrons. The molecule has 9 heteroatoms. The van der Waals surface area contributed by atoms with E-state index in [0.717, 1.165) is 0 Å². The largest absolute Gasteiger partial charge is 0.497 e. The number of methoxy groups -OCH3 is 1. The van der Waals surface area contributed by atoms with Gasteiger partial charge in [0.1, 0.15) is 23.7 Å². The number of carbonyl (C=O) groups excluding carboxylic acids is 1. The number of aromatic nitrogens is 2. The highest BCUT2D eigenvalue weighted by Crippen LogP contribution is 2.31. The second-order valence-electron chi connectivity index (χ2n) is 7.14. The summed E-state index contributed by atoms with van der Waals surface area (Å²) in [6.07, 6.45) is 7.34. The van der Waals surface area contributed by atoms with E-state index >= 15 is 0 Å². The molecule has 0 N–H and O–H groups in total. The molecule has 1 amide bonds. The molecule has 0 unspecified atom stereocenters. The van der Waals surface area contributed by atoms with E-state index in [2.05, 4.69) is 15.9 Å². The van der Waals surface area contributed by atoms with Crippen LogP contribution in [0.3, 0.4) is 0 Å². The lowest BCUT2D eigenvalue weighted by molar-refractivity contribution is 0.0506. The molecule has 31 heavy (non-hydrogen) atoms. The van der Waals surface area contributed by atoms with Crippen LogP contribution in [0.1, 0.15) is 32.3 Å². The predicted molar refractivity (Wildman–Crippen MR) is 110 cm³/mol. The number of nitrogens with zero attached hydrogens (tertiary/aromatic N) is 3. The van der Waals surface area contributed by atoms with Crippen molar-refractivity contribution in [1.82, 2.24) is 14.9 Å². The third-order valence-corrected chi connectivity index (χ3v) is 4.58. The van der Waals surface area contributed by atoms with E-state index in [1.807, 2.05) is 13.8 Å². The molecule has 0 atom stereocenters. The maximum Gasteiger partial charge on any atom is 0.410 e. The number of ether oxygens (including phenoxy) is 4. The predicted octanol–water partition coefficient (Wildman–Crippen LogP) is 3.79. The van der Waals surface area contributed by atoms with E-state index in [1.54, 1.807) is 11.0 Å². The number of hydrogen-bond acceptors (Lipinski definition) is 7. The van der Waals surface area contributed by atoms with Gasteiger partial charge in [0.15, 0.2) is 11.6 Å². The van der Waals surface area contributed by atoms with Gasteiger partial charge in [0, 0.05) is 32.0 Å². The molecule has 2 heterocycles. The minimum Gasteiger partial charge on any atom is -0.497 e. The standard InChI is InChI=1S/C22H24FN3O5/c1-5-17-20(30-15-8-10-26(11-9-15)22(27)29-14(2)3)24-13-25-21(17)31-19-7-6-16(28-4)12-18(19)23/h1,6-7,12-15H,8-11H2,2-4H3. The van der Waals surface area contributed by atoms with Crippen LogP contribution in [0.4, 0.5) is 9.18 Å². The Hall–Kier alpha value is -3.54. The van der Waals surface area contributed by atoms with Crippen molar-refractivity contribution in [2.45, 2.75) is 38.9 Å². The molecule has 1 aromatic carbocycles. The Morgan fingerprint density at radius 2 is 1.97 bits per heavy atom. The number of carbonyl (C=O) groups is 1. The van der Waals surface area contributed by atoms with Gasteiger partial charge in [-0.3, -0.25) is 0 Å². The summed E-state index contributed by atoms with van der Waals surface area (Å²) in [5.74, 6) is 2.32. The monoisotopic (exact) mass is 429 g/mol. The fraction of sp³-hybridized carbons (Fsp3) is 0.409. The lowest BCUT2D eigenvalue weighted by atomic mass is 10.1. The summed E-state index contributed by atoms with van der Waals surface area (Å²) in [6, 6.07) is 4.18. The van der Waals surface area contributed by atoms with Crippen molar-refractivity contribution in [3.8, 4) is 35.6 Å². The first-order chi connectivity index (χ1) is 14.9. The second kappa shape index (κ2) is 9.98. The molecule has 0 aliphatic carbocycles. The Morgan fingerprint density at radius 3 is 2.58 bits per heavy atom. The van der Waals surface area contributed by atoms with Gasteiger partial charge < -0.3 is 23.8 Å². The molecule has 1 saturated heterocycles. The third-order valence-electron chi connectivity index (χ3n) is 4.58. The van der Waals surface area contributed by atoms with Crippen molar-refractivity contribution in [3.05, 3.63) is 35.9 Å². The minimum absolute atomic E-state index is 0.00881. The zero-order valence-electron chi connectivity index (χ0n) is 17.6. The van der Waals surface area contributed by atoms with Crippen molar-refractivity contribution in [2.24, 2.45) is 0 Å². The molecule has 0 saturated carbocycles. The van der Waals surface area contributed by atoms with Crippen LogP contribution >= 0.6 is 0 Å². The highest BCUT2D eigenvalue weighted by molar-refractivity contribution is 5.67. The van der Waals surface area contributed by atoms with Crippen LogP contribution in [-0.2, 0) is 4.74 Å². The Balaban J connectivity index is 1.68. The summed E-state index contributed by atoms with van der Waals surface area (Å²) in [4.78, 5) is 21.8. The van der Waals surface area contributed by atoms with Gasteiger partial charge in [0.05, 0.1) is 13.2 Å². The van der Waals surface area contributed by atoms with E-state index < -0.39 is 5.82 Å². The van der Waals surface area contributed by atoms with Gasteiger partial charge in [-0.2, -0.15) is 0 Å². The van der Waals surface area contributed by atoms with Crippen molar-refractivity contribution >= 4 is 6.09 Å². The number of hydrogen-bond donors (Lipinski definition) is 0. The van der Waals surface area contributed by atoms with Crippen molar-refractivity contribution in [2.75, 3.05) is 20.2 Å². The smallest absolute Gasteiger partial charge is 0.410 e. The summed E-state index contributed by atoms with van der Waals surface area (Å²) >= 11 is 0. The Bertz CT molecular complexity index is 968. The van der Waals surface area contributed by atoms with Crippen LogP contribution in [0.15, 0.2) is 24.5 Å². The second-order valence-corrected chi connectivity index (χ2v) is 7.14. The lowest BCUT2D eigenvalue weighted by Gasteiger charge is -2.31. The number of piperidine rings is 1. The number of halogens is 1. The minimum atomic E-state index is -0.621. The van der Waals surface area contributed by atoms with Gasteiger partial charge >= 0.3 is 6.09 Å². The van der Waals surface area contributed by atoms with Crippen molar-refractivity contribution in [1.29, 1.82) is 0 Å². The van der Waals surface area contributed by atoms with Crippen LogP contribution < -0.4 is 14.2 Å². The van der Waals surface area contributed by atoms with Crippen LogP contribution in [0, 0.1) is 18.2 Å². The first-order valence-electron chi connectivity index (χ1n) is 9.86. The molecular weight excluding hydrogens is 405 g/mol. The van der Waals surface area contributed by atoms with E-state index in [0.29, 0.717) is 31.7 Å². The summed E-state index contributed by atoms with van der Waals surface area (Å²) in [5.41, 5.74) is 0.180. The molecule has 1 aliphatic heterocycles. The van der Waals surface area contributed by atoms with Gasteiger partial charge in [0.25, 0.3) is 0 Å². The highest BCUT2D eigenvalue weighted by atomic mass is 19.1. The van der Waals surface area contributed by atoms with E-state index in [9.17, 15) is 9.18 Å². The SMILES string of the molecule is C#Cc1c(Oc2ccc(OC)cc2F)ncnc1OC1CCN(C(=O)OC(C)C)CC1. The number of amides is 1. The molecule has 2 aromatic rings. The maximum atomic E-state index is 14.2. The van der Waals surface area contributed by atoms with Gasteiger partial charge in [-0.25, -0.2) is 19.2 Å². The van der Waals surface area contributed by atoms with E-state index in [-0.39, 0.29) is 41.4 Å². The molecule has 3 rings (SSSR count). The van der Waals surface area contributed by atoms with Gasteiger partial charge in [-0.1, -0.05) is 5.92 Å². The summed E-state index contributed by atoms with van der Waals surface area (Å²) < 4.78 is 36.0. The van der Waals surface area contributed by atoms with E-state index in [1.165, 1.54) is 25.6 Å². The molecule has 1 aliphatic rings. The number of likely N-dealkylation sites (tertiary alicyclic amines) is 1. The molecule has 164 valence electrons. The van der Waals surface area contributed by atoms with Crippen LogP contribution in [0.25, 0.3) is 0 Å². The molecular formula is C22H24FN3O5. The quantitative estimate of drug-likeness (QED) is 0.646. The van der Waals surface area contributed by atoms with Crippen LogP contribution in [0.5, 0.6) is 23.3 Å². The van der Waals surface area contributed by atoms with Crippen LogP contribution in [0.2, 0.25) is 0 Å². The average molecular weight is 429 g/mol. The summed E-state index contributed by atoms with van der Waals surface area (Å²) in [6.45, 7) is 4.60.